The van der Waals surface area contributed by atoms with Gasteiger partial charge in [-0.1, -0.05) is 12.8 Å². The van der Waals surface area contributed by atoms with E-state index in [2.05, 4.69) is 4.72 Å². The predicted molar refractivity (Wildman–Crippen MR) is 64.7 cm³/mol. The normalized spacial score (nSPS) is 32.5. The highest BCUT2D eigenvalue weighted by atomic mass is 32.2. The fourth-order valence-corrected chi connectivity index (χ4v) is 3.81. The van der Waals surface area contributed by atoms with Gasteiger partial charge in [-0.2, -0.15) is 17.4 Å². The zero-order valence-corrected chi connectivity index (χ0v) is 10.8. The molecule has 7 heteroatoms. The number of hydrogen-bond donors (Lipinski definition) is 2. The summed E-state index contributed by atoms with van der Waals surface area (Å²) in [5.41, 5.74) is 5.95. The van der Waals surface area contributed by atoms with Crippen LogP contribution in [-0.4, -0.2) is 51.1 Å². The lowest BCUT2D eigenvalue weighted by Gasteiger charge is -2.32. The quantitative estimate of drug-likeness (QED) is 0.713. The Morgan fingerprint density at radius 1 is 1.18 bits per heavy atom. The lowest BCUT2D eigenvalue weighted by atomic mass is 9.92. The molecule has 0 unspecified atom stereocenters. The molecule has 3 N–H and O–H groups in total. The van der Waals surface area contributed by atoms with E-state index in [1.807, 2.05) is 0 Å². The van der Waals surface area contributed by atoms with Crippen molar-refractivity contribution in [2.75, 3.05) is 26.3 Å². The minimum absolute atomic E-state index is 0.0560. The lowest BCUT2D eigenvalue weighted by Crippen LogP contribution is -2.55. The topological polar surface area (TPSA) is 84.7 Å². The van der Waals surface area contributed by atoms with Crippen molar-refractivity contribution < 1.29 is 13.2 Å². The summed E-state index contributed by atoms with van der Waals surface area (Å²) in [6, 6.07) is -0.170. The standard InChI is InChI=1S/C10H21N3O3S/c11-9-3-1-2-4-10(9)12-17(14,15)13-5-7-16-8-6-13/h9-10,12H,1-8,11H2/t9-,10-/m1/s1. The van der Waals surface area contributed by atoms with Crippen LogP contribution in [-0.2, 0) is 14.9 Å². The van der Waals surface area contributed by atoms with E-state index in [1.165, 1.54) is 4.31 Å². The highest BCUT2D eigenvalue weighted by Gasteiger charge is 2.30. The molecule has 2 fully saturated rings. The molecule has 17 heavy (non-hydrogen) atoms. The van der Waals surface area contributed by atoms with Gasteiger partial charge in [-0.25, -0.2) is 0 Å². The van der Waals surface area contributed by atoms with Gasteiger partial charge in [0.15, 0.2) is 0 Å². The van der Waals surface area contributed by atoms with Crippen molar-refractivity contribution in [3.05, 3.63) is 0 Å². The van der Waals surface area contributed by atoms with E-state index in [0.29, 0.717) is 26.3 Å². The second-order valence-electron chi connectivity index (χ2n) is 4.69. The van der Waals surface area contributed by atoms with Crippen LogP contribution in [0.25, 0.3) is 0 Å². The van der Waals surface area contributed by atoms with Gasteiger partial charge in [0.05, 0.1) is 13.2 Å². The molecule has 0 spiro atoms. The Hall–Kier alpha value is -0.210. The fraction of sp³-hybridized carbons (Fsp3) is 1.00. The number of ether oxygens (including phenoxy) is 1. The maximum absolute atomic E-state index is 12.1. The first-order chi connectivity index (χ1) is 8.09. The molecule has 1 heterocycles. The second-order valence-corrected chi connectivity index (χ2v) is 6.39. The highest BCUT2D eigenvalue weighted by Crippen LogP contribution is 2.18. The minimum atomic E-state index is -3.39. The molecule has 0 amide bonds. The van der Waals surface area contributed by atoms with E-state index in [9.17, 15) is 8.42 Å². The van der Waals surface area contributed by atoms with Gasteiger partial charge in [0.1, 0.15) is 0 Å². The maximum Gasteiger partial charge on any atom is 0.279 e. The van der Waals surface area contributed by atoms with E-state index < -0.39 is 10.2 Å². The maximum atomic E-state index is 12.1. The molecule has 1 aliphatic carbocycles. The molecule has 1 saturated carbocycles. The van der Waals surface area contributed by atoms with Crippen molar-refractivity contribution >= 4 is 10.2 Å². The molecule has 0 radical (unpaired) electrons. The zero-order valence-electron chi connectivity index (χ0n) is 9.97. The van der Waals surface area contributed by atoms with Gasteiger partial charge in [0, 0.05) is 25.2 Å². The van der Waals surface area contributed by atoms with Gasteiger partial charge >= 0.3 is 0 Å². The van der Waals surface area contributed by atoms with Crippen LogP contribution in [0.1, 0.15) is 25.7 Å². The third-order valence-electron chi connectivity index (χ3n) is 3.43. The van der Waals surface area contributed by atoms with Crippen molar-refractivity contribution in [3.63, 3.8) is 0 Å². The Morgan fingerprint density at radius 3 is 2.47 bits per heavy atom. The Labute approximate surface area is 103 Å². The molecule has 0 aromatic rings. The molecule has 100 valence electrons. The van der Waals surface area contributed by atoms with Crippen molar-refractivity contribution in [1.82, 2.24) is 9.03 Å². The third-order valence-corrected chi connectivity index (χ3v) is 5.08. The molecule has 1 aliphatic heterocycles. The highest BCUT2D eigenvalue weighted by molar-refractivity contribution is 7.87. The average molecular weight is 263 g/mol. The minimum Gasteiger partial charge on any atom is -0.379 e. The zero-order chi connectivity index (χ0) is 12.3. The fourth-order valence-electron chi connectivity index (χ4n) is 2.36. The van der Waals surface area contributed by atoms with Crippen LogP contribution in [0.4, 0.5) is 0 Å². The summed E-state index contributed by atoms with van der Waals surface area (Å²) in [4.78, 5) is 0. The van der Waals surface area contributed by atoms with Gasteiger partial charge in [0.25, 0.3) is 10.2 Å². The SMILES string of the molecule is N[C@@H]1CCCC[C@H]1NS(=O)(=O)N1CCOCC1. The Balaban J connectivity index is 1.95. The summed E-state index contributed by atoms with van der Waals surface area (Å²) in [5.74, 6) is 0. The van der Waals surface area contributed by atoms with Crippen molar-refractivity contribution in [3.8, 4) is 0 Å². The van der Waals surface area contributed by atoms with Crippen LogP contribution < -0.4 is 10.5 Å². The summed E-state index contributed by atoms with van der Waals surface area (Å²) in [5, 5.41) is 0. The largest absolute Gasteiger partial charge is 0.379 e. The third kappa shape index (κ3) is 3.38. The van der Waals surface area contributed by atoms with Crippen molar-refractivity contribution in [2.24, 2.45) is 5.73 Å². The number of rotatable bonds is 3. The first-order valence-corrected chi connectivity index (χ1v) is 7.64. The predicted octanol–water partition coefficient (Wildman–Crippen LogP) is -0.577. The van der Waals surface area contributed by atoms with Crippen LogP contribution in [0.2, 0.25) is 0 Å². The van der Waals surface area contributed by atoms with E-state index in [-0.39, 0.29) is 12.1 Å². The summed E-state index contributed by atoms with van der Waals surface area (Å²) in [7, 11) is -3.39. The molecule has 0 bridgehead atoms. The van der Waals surface area contributed by atoms with Crippen LogP contribution in [0.3, 0.4) is 0 Å². The molecular weight excluding hydrogens is 242 g/mol. The van der Waals surface area contributed by atoms with E-state index in [0.717, 1.165) is 25.7 Å². The van der Waals surface area contributed by atoms with Gasteiger partial charge in [-0.3, -0.25) is 0 Å². The smallest absolute Gasteiger partial charge is 0.279 e. The Morgan fingerprint density at radius 2 is 1.82 bits per heavy atom. The Bertz CT molecular complexity index is 341. The van der Waals surface area contributed by atoms with Crippen LogP contribution in [0.5, 0.6) is 0 Å². The van der Waals surface area contributed by atoms with Crippen molar-refractivity contribution in [1.29, 1.82) is 0 Å². The summed E-state index contributed by atoms with van der Waals surface area (Å²) in [6.45, 7) is 1.80. The van der Waals surface area contributed by atoms with Crippen LogP contribution in [0.15, 0.2) is 0 Å². The van der Waals surface area contributed by atoms with Crippen LogP contribution >= 0.6 is 0 Å². The van der Waals surface area contributed by atoms with Gasteiger partial charge in [-0.15, -0.1) is 0 Å². The first-order valence-electron chi connectivity index (χ1n) is 6.20. The Kier molecular flexibility index (Phi) is 4.37. The monoisotopic (exact) mass is 263 g/mol. The molecule has 2 rings (SSSR count). The molecule has 0 aromatic heterocycles. The molecule has 1 saturated heterocycles. The van der Waals surface area contributed by atoms with E-state index in [1.54, 1.807) is 0 Å². The molecule has 2 aliphatic rings. The number of nitrogens with two attached hydrogens (primary N) is 1. The second kappa shape index (κ2) is 5.62. The summed E-state index contributed by atoms with van der Waals surface area (Å²) in [6.07, 6.45) is 3.88. The number of nitrogens with one attached hydrogen (secondary N) is 1. The van der Waals surface area contributed by atoms with Gasteiger partial charge in [0.2, 0.25) is 0 Å². The number of morpholine rings is 1. The van der Waals surface area contributed by atoms with Gasteiger partial charge < -0.3 is 10.5 Å². The number of hydrogen-bond acceptors (Lipinski definition) is 4. The summed E-state index contributed by atoms with van der Waals surface area (Å²) < 4.78 is 33.5. The van der Waals surface area contributed by atoms with Gasteiger partial charge in [-0.05, 0) is 12.8 Å². The van der Waals surface area contributed by atoms with E-state index in [4.69, 9.17) is 10.5 Å². The average Bonchev–Trinajstić information content (AvgIpc) is 2.33. The molecule has 2 atom stereocenters. The van der Waals surface area contributed by atoms with E-state index >= 15 is 0 Å². The number of nitrogens with zero attached hydrogens (tertiary/aromatic N) is 1. The molecule has 0 aromatic carbocycles. The molecule has 6 nitrogen and oxygen atoms in total. The molecular formula is C10H21N3O3S. The van der Waals surface area contributed by atoms with Crippen molar-refractivity contribution in [2.45, 2.75) is 37.8 Å². The lowest BCUT2D eigenvalue weighted by molar-refractivity contribution is 0.0721. The summed E-state index contributed by atoms with van der Waals surface area (Å²) >= 11 is 0. The first kappa shape index (κ1) is 13.2. The van der Waals surface area contributed by atoms with Crippen LogP contribution in [0, 0.1) is 0 Å².